The molecule has 0 bridgehead atoms. The summed E-state index contributed by atoms with van der Waals surface area (Å²) in [5.41, 5.74) is 0.365. The van der Waals surface area contributed by atoms with Gasteiger partial charge in [-0.15, -0.1) is 0 Å². The average Bonchev–Trinajstić information content (AvgIpc) is 3.22. The molecule has 0 radical (unpaired) electrons. The van der Waals surface area contributed by atoms with Crippen molar-refractivity contribution in [2.75, 3.05) is 7.05 Å². The molecular formula is C13H13Br2N3O2. The molecule has 0 spiro atoms. The smallest absolute Gasteiger partial charge is 0.275 e. The Hall–Kier alpha value is -1.08. The predicted molar refractivity (Wildman–Crippen MR) is 82.8 cm³/mol. The van der Waals surface area contributed by atoms with Crippen LogP contribution in [0.1, 0.15) is 12.8 Å². The third-order valence-electron chi connectivity index (χ3n) is 3.60. The van der Waals surface area contributed by atoms with Crippen molar-refractivity contribution in [2.45, 2.75) is 25.4 Å². The Morgan fingerprint density at radius 1 is 1.40 bits per heavy atom. The zero-order chi connectivity index (χ0) is 14.4. The van der Waals surface area contributed by atoms with Gasteiger partial charge in [0.05, 0.1) is 4.47 Å². The minimum Gasteiger partial charge on any atom is -0.341 e. The molecule has 1 saturated carbocycles. The predicted octanol–water partition coefficient (Wildman–Crippen LogP) is 2.25. The van der Waals surface area contributed by atoms with Gasteiger partial charge in [0.2, 0.25) is 5.91 Å². The Labute approximate surface area is 132 Å². The molecule has 20 heavy (non-hydrogen) atoms. The number of rotatable bonds is 3. The number of nitrogens with zero attached hydrogens (tertiary/aromatic N) is 3. The first kappa shape index (κ1) is 13.9. The molecular weight excluding hydrogens is 390 g/mol. The number of aromatic nitrogens is 2. The van der Waals surface area contributed by atoms with E-state index in [4.69, 9.17) is 0 Å². The van der Waals surface area contributed by atoms with Crippen LogP contribution in [-0.4, -0.2) is 32.9 Å². The fraction of sp³-hybridized carbons (Fsp3) is 0.385. The number of halogens is 2. The van der Waals surface area contributed by atoms with Crippen molar-refractivity contribution < 1.29 is 4.79 Å². The van der Waals surface area contributed by atoms with E-state index in [-0.39, 0.29) is 18.0 Å². The van der Waals surface area contributed by atoms with Crippen molar-refractivity contribution in [1.29, 1.82) is 0 Å². The molecule has 0 saturated heterocycles. The quantitative estimate of drug-likeness (QED) is 0.790. The second-order valence-corrected chi connectivity index (χ2v) is 6.61. The molecule has 0 aliphatic heterocycles. The lowest BCUT2D eigenvalue weighted by molar-refractivity contribution is -0.131. The van der Waals surface area contributed by atoms with Gasteiger partial charge in [0.1, 0.15) is 16.7 Å². The van der Waals surface area contributed by atoms with Gasteiger partial charge in [-0.1, -0.05) is 0 Å². The molecule has 0 aromatic carbocycles. The van der Waals surface area contributed by atoms with Gasteiger partial charge in [-0.25, -0.2) is 0 Å². The molecule has 1 fully saturated rings. The summed E-state index contributed by atoms with van der Waals surface area (Å²) >= 11 is 6.78. The Morgan fingerprint density at radius 2 is 2.10 bits per heavy atom. The van der Waals surface area contributed by atoms with E-state index in [9.17, 15) is 9.59 Å². The average molecular weight is 403 g/mol. The van der Waals surface area contributed by atoms with Gasteiger partial charge in [0.25, 0.3) is 5.56 Å². The molecule has 2 heterocycles. The van der Waals surface area contributed by atoms with Crippen LogP contribution < -0.4 is 5.56 Å². The summed E-state index contributed by atoms with van der Waals surface area (Å²) in [5.74, 6) is -0.0244. The maximum absolute atomic E-state index is 12.4. The number of hydrogen-bond acceptors (Lipinski definition) is 2. The van der Waals surface area contributed by atoms with E-state index >= 15 is 0 Å². The van der Waals surface area contributed by atoms with E-state index in [0.717, 1.165) is 21.9 Å². The Morgan fingerprint density at radius 3 is 2.75 bits per heavy atom. The van der Waals surface area contributed by atoms with E-state index in [1.54, 1.807) is 34.8 Å². The summed E-state index contributed by atoms with van der Waals surface area (Å²) in [6.07, 6.45) is 5.55. The van der Waals surface area contributed by atoms with Crippen LogP contribution >= 0.6 is 31.9 Å². The third-order valence-corrected chi connectivity index (χ3v) is 5.55. The molecule has 1 aliphatic carbocycles. The first-order chi connectivity index (χ1) is 9.49. The van der Waals surface area contributed by atoms with Gasteiger partial charge in [-0.2, -0.15) is 0 Å². The van der Waals surface area contributed by atoms with E-state index < -0.39 is 0 Å². The van der Waals surface area contributed by atoms with Crippen LogP contribution in [0.25, 0.3) is 5.52 Å². The van der Waals surface area contributed by atoms with Crippen LogP contribution in [0.15, 0.2) is 32.3 Å². The van der Waals surface area contributed by atoms with Crippen LogP contribution in [0.4, 0.5) is 0 Å². The van der Waals surface area contributed by atoms with Crippen LogP contribution in [0, 0.1) is 0 Å². The number of likely N-dealkylation sites (N-methyl/N-ethyl adjacent to an activating group) is 1. The Kier molecular flexibility index (Phi) is 3.50. The van der Waals surface area contributed by atoms with Crippen LogP contribution in [0.3, 0.4) is 0 Å². The Balaban J connectivity index is 1.94. The number of amides is 1. The molecule has 0 atom stereocenters. The second-order valence-electron chi connectivity index (χ2n) is 5.01. The van der Waals surface area contributed by atoms with Gasteiger partial charge in [0.15, 0.2) is 0 Å². The summed E-state index contributed by atoms with van der Waals surface area (Å²) in [6.45, 7) is 0.0861. The zero-order valence-electron chi connectivity index (χ0n) is 10.8. The molecule has 2 aromatic rings. The van der Waals surface area contributed by atoms with E-state index in [0.29, 0.717) is 11.6 Å². The lowest BCUT2D eigenvalue weighted by atomic mass is 10.4. The lowest BCUT2D eigenvalue weighted by Crippen LogP contribution is -2.35. The fourth-order valence-electron chi connectivity index (χ4n) is 2.19. The highest BCUT2D eigenvalue weighted by molar-refractivity contribution is 9.13. The largest absolute Gasteiger partial charge is 0.341 e. The SMILES string of the molecule is CN(C(=O)Cn1ccn2c(Br)c(Br)cc2c1=O)C1CC1. The highest BCUT2D eigenvalue weighted by Gasteiger charge is 2.29. The molecule has 1 amide bonds. The molecule has 1 aliphatic rings. The first-order valence-corrected chi connectivity index (χ1v) is 7.89. The highest BCUT2D eigenvalue weighted by atomic mass is 79.9. The first-order valence-electron chi connectivity index (χ1n) is 6.30. The van der Waals surface area contributed by atoms with E-state index in [1.165, 1.54) is 4.57 Å². The molecule has 106 valence electrons. The zero-order valence-corrected chi connectivity index (χ0v) is 14.0. The molecule has 3 rings (SSSR count). The number of fused-ring (bicyclic) bond motifs is 1. The number of carbonyl (C=O) groups is 1. The molecule has 0 unspecified atom stereocenters. The third kappa shape index (κ3) is 2.33. The van der Waals surface area contributed by atoms with Crippen molar-refractivity contribution in [2.24, 2.45) is 0 Å². The van der Waals surface area contributed by atoms with Gasteiger partial charge < -0.3 is 13.9 Å². The lowest BCUT2D eigenvalue weighted by Gasteiger charge is -2.17. The van der Waals surface area contributed by atoms with Crippen molar-refractivity contribution in [3.63, 3.8) is 0 Å². The molecule has 5 nitrogen and oxygen atoms in total. The van der Waals surface area contributed by atoms with Crippen molar-refractivity contribution in [3.05, 3.63) is 37.9 Å². The maximum atomic E-state index is 12.4. The van der Waals surface area contributed by atoms with Gasteiger partial charge >= 0.3 is 0 Å². The van der Waals surface area contributed by atoms with Gasteiger partial charge in [-0.05, 0) is 50.8 Å². The molecule has 0 N–H and O–H groups in total. The van der Waals surface area contributed by atoms with Gasteiger partial charge in [0, 0.05) is 25.5 Å². The van der Waals surface area contributed by atoms with Crippen molar-refractivity contribution in [3.8, 4) is 0 Å². The summed E-state index contributed by atoms with van der Waals surface area (Å²) in [7, 11) is 1.80. The topological polar surface area (TPSA) is 46.7 Å². The second kappa shape index (κ2) is 5.04. The van der Waals surface area contributed by atoms with E-state index in [2.05, 4.69) is 31.9 Å². The summed E-state index contributed by atoms with van der Waals surface area (Å²) in [5, 5.41) is 0. The summed E-state index contributed by atoms with van der Waals surface area (Å²) in [6, 6.07) is 2.11. The standard InChI is InChI=1S/C13H13Br2N3O2/c1-16(8-2-3-8)11(19)7-17-4-5-18-10(13(17)20)6-9(14)12(18)15/h4-6,8H,2-3,7H2,1H3. The normalized spacial score (nSPS) is 14.8. The highest BCUT2D eigenvalue weighted by Crippen LogP contribution is 2.26. The van der Waals surface area contributed by atoms with Gasteiger partial charge in [-0.3, -0.25) is 9.59 Å². The summed E-state index contributed by atoms with van der Waals surface area (Å²) < 4.78 is 4.81. The number of carbonyl (C=O) groups excluding carboxylic acids is 1. The molecule has 7 heteroatoms. The Bertz CT molecular complexity index is 746. The van der Waals surface area contributed by atoms with Crippen molar-refractivity contribution in [1.82, 2.24) is 13.9 Å². The van der Waals surface area contributed by atoms with Crippen molar-refractivity contribution >= 4 is 43.3 Å². The van der Waals surface area contributed by atoms with Crippen LogP contribution in [0.2, 0.25) is 0 Å². The fourth-order valence-corrected chi connectivity index (χ4v) is 3.02. The van der Waals surface area contributed by atoms with E-state index in [1.807, 2.05) is 0 Å². The maximum Gasteiger partial charge on any atom is 0.275 e. The monoisotopic (exact) mass is 401 g/mol. The summed E-state index contributed by atoms with van der Waals surface area (Å²) in [4.78, 5) is 26.2. The minimum absolute atomic E-state index is 0.0244. The number of hydrogen-bond donors (Lipinski definition) is 0. The minimum atomic E-state index is -0.170. The van der Waals surface area contributed by atoms with Crippen LogP contribution in [-0.2, 0) is 11.3 Å². The van der Waals surface area contributed by atoms with Crippen LogP contribution in [0.5, 0.6) is 0 Å². The molecule has 2 aromatic heterocycles.